The smallest absolute Gasteiger partial charge is 0.248 e. The normalized spacial score (nSPS) is 20.4. The summed E-state index contributed by atoms with van der Waals surface area (Å²) < 4.78 is 27.6. The molecule has 0 bridgehead atoms. The average molecular weight is 242 g/mol. The second-order valence-corrected chi connectivity index (χ2v) is 4.58. The molecule has 0 amide bonds. The first-order chi connectivity index (χ1) is 8.02. The first-order valence-electron chi connectivity index (χ1n) is 5.96. The molecule has 0 aromatic carbocycles. The van der Waals surface area contributed by atoms with Crippen LogP contribution in [-0.2, 0) is 6.54 Å². The zero-order valence-electron chi connectivity index (χ0n) is 9.83. The molecule has 3 nitrogen and oxygen atoms in total. The summed E-state index contributed by atoms with van der Waals surface area (Å²) in [7, 11) is 0. The van der Waals surface area contributed by atoms with Gasteiger partial charge in [0.2, 0.25) is 5.92 Å². The highest BCUT2D eigenvalue weighted by Crippen LogP contribution is 2.37. The van der Waals surface area contributed by atoms with Crippen molar-refractivity contribution in [3.05, 3.63) is 18.0 Å². The summed E-state index contributed by atoms with van der Waals surface area (Å²) in [5.74, 6) is -2.88. The van der Waals surface area contributed by atoms with Gasteiger partial charge in [-0.05, 0) is 19.8 Å². The molecule has 17 heavy (non-hydrogen) atoms. The van der Waals surface area contributed by atoms with E-state index in [2.05, 4.69) is 5.10 Å². The summed E-state index contributed by atoms with van der Waals surface area (Å²) in [6, 6.07) is 0. The maximum atomic E-state index is 13.0. The van der Waals surface area contributed by atoms with Gasteiger partial charge in [0.1, 0.15) is 0 Å². The first kappa shape index (κ1) is 12.2. The molecular weight excluding hydrogens is 226 g/mol. The van der Waals surface area contributed by atoms with Crippen molar-refractivity contribution in [3.8, 4) is 0 Å². The molecule has 1 aliphatic carbocycles. The second kappa shape index (κ2) is 4.55. The molecule has 0 aliphatic heterocycles. The number of rotatable bonds is 3. The number of hydrogen-bond acceptors (Lipinski definition) is 2. The molecule has 2 rings (SSSR count). The van der Waals surface area contributed by atoms with Gasteiger partial charge >= 0.3 is 0 Å². The lowest BCUT2D eigenvalue weighted by Crippen LogP contribution is -2.28. The van der Waals surface area contributed by atoms with Crippen LogP contribution in [0.3, 0.4) is 0 Å². The van der Waals surface area contributed by atoms with Gasteiger partial charge in [0.15, 0.2) is 5.78 Å². The molecule has 1 aliphatic rings. The Labute approximate surface area is 98.8 Å². The number of halogens is 2. The number of nitrogens with zero attached hydrogens (tertiary/aromatic N) is 2. The minimum absolute atomic E-state index is 0.0415. The summed E-state index contributed by atoms with van der Waals surface area (Å²) in [6.07, 6.45) is 3.43. The van der Waals surface area contributed by atoms with E-state index in [1.54, 1.807) is 10.9 Å². The van der Waals surface area contributed by atoms with Gasteiger partial charge in [0.25, 0.3) is 0 Å². The van der Waals surface area contributed by atoms with E-state index < -0.39 is 5.92 Å². The van der Waals surface area contributed by atoms with Gasteiger partial charge in [-0.15, -0.1) is 0 Å². The van der Waals surface area contributed by atoms with E-state index in [1.807, 2.05) is 6.92 Å². The van der Waals surface area contributed by atoms with Crippen molar-refractivity contribution in [2.45, 2.75) is 45.1 Å². The van der Waals surface area contributed by atoms with Crippen molar-refractivity contribution in [2.75, 3.05) is 0 Å². The van der Waals surface area contributed by atoms with Crippen LogP contribution in [0.2, 0.25) is 0 Å². The molecule has 0 unspecified atom stereocenters. The van der Waals surface area contributed by atoms with Gasteiger partial charge < -0.3 is 0 Å². The van der Waals surface area contributed by atoms with E-state index in [0.717, 1.165) is 0 Å². The van der Waals surface area contributed by atoms with Crippen LogP contribution in [0.15, 0.2) is 12.4 Å². The molecule has 1 aromatic heterocycles. The van der Waals surface area contributed by atoms with Crippen molar-refractivity contribution in [3.63, 3.8) is 0 Å². The molecule has 1 heterocycles. The molecule has 1 saturated carbocycles. The fourth-order valence-corrected chi connectivity index (χ4v) is 2.20. The Bertz CT molecular complexity index is 404. The molecule has 0 saturated heterocycles. The molecule has 1 aromatic rings. The fraction of sp³-hybridized carbons (Fsp3) is 0.667. The third-order valence-electron chi connectivity index (χ3n) is 3.33. The van der Waals surface area contributed by atoms with Crippen molar-refractivity contribution in [2.24, 2.45) is 5.92 Å². The number of carbonyl (C=O) groups excluding carboxylic acids is 1. The van der Waals surface area contributed by atoms with E-state index in [0.29, 0.717) is 12.1 Å². The first-order valence-corrected chi connectivity index (χ1v) is 5.96. The minimum atomic E-state index is -2.58. The molecule has 0 spiro atoms. The topological polar surface area (TPSA) is 34.9 Å². The number of carbonyl (C=O) groups is 1. The third-order valence-corrected chi connectivity index (χ3v) is 3.33. The molecule has 1 fully saturated rings. The SMILES string of the molecule is CCn1cc(C(=O)C2CCC(F)(F)CC2)cn1. The van der Waals surface area contributed by atoms with Crippen molar-refractivity contribution < 1.29 is 13.6 Å². The van der Waals surface area contributed by atoms with Crippen LogP contribution in [0.25, 0.3) is 0 Å². The molecule has 94 valence electrons. The van der Waals surface area contributed by atoms with Crippen LogP contribution in [0.5, 0.6) is 0 Å². The molecule has 0 N–H and O–H groups in total. The van der Waals surface area contributed by atoms with Gasteiger partial charge in [-0.2, -0.15) is 5.10 Å². The van der Waals surface area contributed by atoms with Crippen molar-refractivity contribution >= 4 is 5.78 Å². The Morgan fingerprint density at radius 1 is 1.53 bits per heavy atom. The summed E-state index contributed by atoms with van der Waals surface area (Å²) in [4.78, 5) is 12.0. The van der Waals surface area contributed by atoms with Gasteiger partial charge in [-0.25, -0.2) is 8.78 Å². The number of hydrogen-bond donors (Lipinski definition) is 0. The summed E-state index contributed by atoms with van der Waals surface area (Å²) in [6.45, 7) is 2.64. The van der Waals surface area contributed by atoms with Crippen LogP contribution < -0.4 is 0 Å². The Morgan fingerprint density at radius 3 is 2.71 bits per heavy atom. The second-order valence-electron chi connectivity index (χ2n) is 4.58. The van der Waals surface area contributed by atoms with Gasteiger partial charge in [-0.3, -0.25) is 9.48 Å². The Morgan fingerprint density at radius 2 is 2.18 bits per heavy atom. The molecule has 0 atom stereocenters. The minimum Gasteiger partial charge on any atom is -0.294 e. The molecular formula is C12H16F2N2O. The lowest BCUT2D eigenvalue weighted by molar-refractivity contribution is -0.0424. The summed E-state index contributed by atoms with van der Waals surface area (Å²) in [5, 5.41) is 4.03. The lowest BCUT2D eigenvalue weighted by atomic mass is 9.83. The number of ketones is 1. The number of Topliss-reactive ketones (excluding diaryl/α,β-unsaturated/α-hetero) is 1. The predicted octanol–water partition coefficient (Wildman–Crippen LogP) is 2.91. The van der Waals surface area contributed by atoms with Crippen molar-refractivity contribution in [1.82, 2.24) is 9.78 Å². The zero-order valence-corrected chi connectivity index (χ0v) is 9.83. The molecule has 5 heteroatoms. The third kappa shape index (κ3) is 2.70. The van der Waals surface area contributed by atoms with Gasteiger partial charge in [-0.1, -0.05) is 0 Å². The highest BCUT2D eigenvalue weighted by Gasteiger charge is 2.37. The number of aromatic nitrogens is 2. The van der Waals surface area contributed by atoms with E-state index >= 15 is 0 Å². The quantitative estimate of drug-likeness (QED) is 0.764. The Balaban J connectivity index is 2.01. The predicted molar refractivity (Wildman–Crippen MR) is 59.1 cm³/mol. The highest BCUT2D eigenvalue weighted by molar-refractivity contribution is 5.97. The number of aryl methyl sites for hydroxylation is 1. The van der Waals surface area contributed by atoms with Gasteiger partial charge in [0.05, 0.1) is 11.8 Å². The fourth-order valence-electron chi connectivity index (χ4n) is 2.20. The standard InChI is InChI=1S/C12H16F2N2O/c1-2-16-8-10(7-15-16)11(17)9-3-5-12(13,14)6-4-9/h7-9H,2-6H2,1H3. The van der Waals surface area contributed by atoms with E-state index in [9.17, 15) is 13.6 Å². The highest BCUT2D eigenvalue weighted by atomic mass is 19.3. The van der Waals surface area contributed by atoms with Gasteiger partial charge in [0, 0.05) is 31.5 Å². The largest absolute Gasteiger partial charge is 0.294 e. The van der Waals surface area contributed by atoms with Crippen LogP contribution in [-0.4, -0.2) is 21.5 Å². The monoisotopic (exact) mass is 242 g/mol. The van der Waals surface area contributed by atoms with E-state index in [1.165, 1.54) is 6.20 Å². The maximum absolute atomic E-state index is 13.0. The van der Waals surface area contributed by atoms with Crippen molar-refractivity contribution in [1.29, 1.82) is 0 Å². The number of alkyl halides is 2. The lowest BCUT2D eigenvalue weighted by Gasteiger charge is -2.26. The summed E-state index contributed by atoms with van der Waals surface area (Å²) >= 11 is 0. The Hall–Kier alpha value is -1.26. The zero-order chi connectivity index (χ0) is 12.5. The van der Waals surface area contributed by atoms with Crippen LogP contribution in [0.4, 0.5) is 8.78 Å². The maximum Gasteiger partial charge on any atom is 0.248 e. The van der Waals surface area contributed by atoms with Crippen LogP contribution in [0.1, 0.15) is 43.0 Å². The average Bonchev–Trinajstić information content (AvgIpc) is 2.76. The van der Waals surface area contributed by atoms with Crippen LogP contribution in [0, 0.1) is 5.92 Å². The summed E-state index contributed by atoms with van der Waals surface area (Å²) in [5.41, 5.74) is 0.544. The van der Waals surface area contributed by atoms with E-state index in [4.69, 9.17) is 0 Å². The van der Waals surface area contributed by atoms with E-state index in [-0.39, 0.29) is 37.4 Å². The molecule has 0 radical (unpaired) electrons. The Kier molecular flexibility index (Phi) is 3.26. The van der Waals surface area contributed by atoms with Crippen LogP contribution >= 0.6 is 0 Å².